The number of carbonyl (C=O) groups is 2. The fourth-order valence-electron chi connectivity index (χ4n) is 1.85. The van der Waals surface area contributed by atoms with E-state index in [0.29, 0.717) is 25.8 Å². The van der Waals surface area contributed by atoms with E-state index in [4.69, 9.17) is 5.11 Å². The Kier molecular flexibility index (Phi) is 7.80. The zero-order chi connectivity index (χ0) is 14.8. The van der Waals surface area contributed by atoms with Crippen molar-refractivity contribution in [3.05, 3.63) is 35.4 Å². The molecule has 1 amide bonds. The van der Waals surface area contributed by atoms with Gasteiger partial charge in [-0.2, -0.15) is 11.8 Å². The molecule has 1 rings (SSSR count). The highest BCUT2D eigenvalue weighted by molar-refractivity contribution is 7.97. The van der Waals surface area contributed by atoms with Gasteiger partial charge in [0.1, 0.15) is 0 Å². The van der Waals surface area contributed by atoms with Crippen LogP contribution in [0, 0.1) is 0 Å². The minimum absolute atomic E-state index is 0.0225. The quantitative estimate of drug-likeness (QED) is 0.688. The summed E-state index contributed by atoms with van der Waals surface area (Å²) in [5.74, 6) is 0.137. The van der Waals surface area contributed by atoms with Crippen molar-refractivity contribution in [1.29, 1.82) is 0 Å². The van der Waals surface area contributed by atoms with Gasteiger partial charge in [0.05, 0.1) is 0 Å². The average Bonchev–Trinajstić information content (AvgIpc) is 2.42. The lowest BCUT2D eigenvalue weighted by atomic mass is 10.1. The molecule has 0 atom stereocenters. The summed E-state index contributed by atoms with van der Waals surface area (Å²) in [4.78, 5) is 21.9. The summed E-state index contributed by atoms with van der Waals surface area (Å²) in [6, 6.07) is 8.17. The van der Waals surface area contributed by atoms with Gasteiger partial charge in [-0.25, -0.2) is 0 Å². The summed E-state index contributed by atoms with van der Waals surface area (Å²) < 4.78 is 0. The van der Waals surface area contributed by atoms with Crippen LogP contribution in [0.1, 0.15) is 36.8 Å². The Morgan fingerprint density at radius 1 is 1.20 bits per heavy atom. The molecule has 5 heteroatoms. The van der Waals surface area contributed by atoms with Gasteiger partial charge < -0.3 is 10.4 Å². The highest BCUT2D eigenvalue weighted by Crippen LogP contribution is 2.11. The second-order valence-corrected chi connectivity index (χ2v) is 5.50. The monoisotopic (exact) mass is 295 g/mol. The third-order valence-electron chi connectivity index (χ3n) is 2.84. The molecule has 0 aliphatic heterocycles. The van der Waals surface area contributed by atoms with Gasteiger partial charge in [0, 0.05) is 25.1 Å². The molecule has 1 aromatic rings. The highest BCUT2D eigenvalue weighted by Gasteiger charge is 2.03. The standard InChI is InChI=1S/C15H21NO3S/c1-20-11-13-6-4-5-12(9-13)10-16-14(17)7-2-3-8-15(18)19/h4-6,9H,2-3,7-8,10-11H2,1H3,(H,16,17)(H,18,19). The Balaban J connectivity index is 2.26. The zero-order valence-electron chi connectivity index (χ0n) is 11.7. The summed E-state index contributed by atoms with van der Waals surface area (Å²) in [6.45, 7) is 0.528. The number of amides is 1. The molecule has 110 valence electrons. The first-order valence-electron chi connectivity index (χ1n) is 6.67. The molecule has 0 bridgehead atoms. The normalized spacial score (nSPS) is 10.2. The summed E-state index contributed by atoms with van der Waals surface area (Å²) in [5, 5.41) is 11.4. The largest absolute Gasteiger partial charge is 0.481 e. The van der Waals surface area contributed by atoms with E-state index in [2.05, 4.69) is 23.7 Å². The predicted octanol–water partition coefficient (Wildman–Crippen LogP) is 2.81. The van der Waals surface area contributed by atoms with E-state index in [-0.39, 0.29) is 12.3 Å². The lowest BCUT2D eigenvalue weighted by molar-refractivity contribution is -0.137. The van der Waals surface area contributed by atoms with E-state index in [0.717, 1.165) is 11.3 Å². The molecule has 0 aromatic heterocycles. The van der Waals surface area contributed by atoms with Gasteiger partial charge in [-0.05, 0) is 30.2 Å². The lowest BCUT2D eigenvalue weighted by Crippen LogP contribution is -2.22. The number of thioether (sulfide) groups is 1. The Hall–Kier alpha value is -1.49. The molecule has 0 saturated carbocycles. The molecule has 1 aromatic carbocycles. The SMILES string of the molecule is CSCc1cccc(CNC(=O)CCCCC(=O)O)c1. The maximum absolute atomic E-state index is 11.6. The second-order valence-electron chi connectivity index (χ2n) is 4.63. The van der Waals surface area contributed by atoms with E-state index in [1.807, 2.05) is 12.1 Å². The number of carboxylic acids is 1. The average molecular weight is 295 g/mol. The summed E-state index contributed by atoms with van der Waals surface area (Å²) in [7, 11) is 0. The first-order valence-corrected chi connectivity index (χ1v) is 8.06. The van der Waals surface area contributed by atoms with Crippen LogP contribution < -0.4 is 5.32 Å². The summed E-state index contributed by atoms with van der Waals surface area (Å²) in [6.07, 6.45) is 3.74. The number of unbranched alkanes of at least 4 members (excludes halogenated alkanes) is 1. The van der Waals surface area contributed by atoms with Crippen LogP contribution in [0.4, 0.5) is 0 Å². The van der Waals surface area contributed by atoms with Crippen LogP contribution in [0.25, 0.3) is 0 Å². The van der Waals surface area contributed by atoms with E-state index in [9.17, 15) is 9.59 Å². The molecule has 2 N–H and O–H groups in total. The van der Waals surface area contributed by atoms with Crippen LogP contribution in [-0.4, -0.2) is 23.2 Å². The molecule has 0 spiro atoms. The van der Waals surface area contributed by atoms with Gasteiger partial charge in [-0.3, -0.25) is 9.59 Å². The van der Waals surface area contributed by atoms with Gasteiger partial charge in [-0.15, -0.1) is 0 Å². The molecule has 20 heavy (non-hydrogen) atoms. The summed E-state index contributed by atoms with van der Waals surface area (Å²) in [5.41, 5.74) is 2.35. The van der Waals surface area contributed by atoms with Crippen LogP contribution in [0.3, 0.4) is 0 Å². The van der Waals surface area contributed by atoms with Crippen molar-refractivity contribution in [2.45, 2.75) is 38.0 Å². The molecule has 0 radical (unpaired) electrons. The van der Waals surface area contributed by atoms with Gasteiger partial charge in [0.15, 0.2) is 0 Å². The molecule has 0 unspecified atom stereocenters. The topological polar surface area (TPSA) is 66.4 Å². The third-order valence-corrected chi connectivity index (χ3v) is 3.46. The van der Waals surface area contributed by atoms with Crippen molar-refractivity contribution in [3.63, 3.8) is 0 Å². The number of benzene rings is 1. The van der Waals surface area contributed by atoms with Crippen molar-refractivity contribution < 1.29 is 14.7 Å². The minimum Gasteiger partial charge on any atom is -0.481 e. The van der Waals surface area contributed by atoms with Crippen molar-refractivity contribution in [1.82, 2.24) is 5.32 Å². The molecular formula is C15H21NO3S. The Labute approximate surface area is 124 Å². The van der Waals surface area contributed by atoms with Crippen molar-refractivity contribution in [2.75, 3.05) is 6.26 Å². The first-order chi connectivity index (χ1) is 9.61. The van der Waals surface area contributed by atoms with E-state index in [1.165, 1.54) is 5.56 Å². The number of hydrogen-bond acceptors (Lipinski definition) is 3. The predicted molar refractivity (Wildman–Crippen MR) is 81.6 cm³/mol. The van der Waals surface area contributed by atoms with Crippen LogP contribution >= 0.6 is 11.8 Å². The van der Waals surface area contributed by atoms with Crippen molar-refractivity contribution in [2.24, 2.45) is 0 Å². The van der Waals surface area contributed by atoms with Gasteiger partial charge >= 0.3 is 5.97 Å². The molecule has 0 heterocycles. The highest BCUT2D eigenvalue weighted by atomic mass is 32.2. The van der Waals surface area contributed by atoms with Gasteiger partial charge in [-0.1, -0.05) is 24.3 Å². The zero-order valence-corrected chi connectivity index (χ0v) is 12.5. The van der Waals surface area contributed by atoms with Crippen LogP contribution in [0.2, 0.25) is 0 Å². The number of nitrogens with one attached hydrogen (secondary N) is 1. The maximum Gasteiger partial charge on any atom is 0.303 e. The second kappa shape index (κ2) is 9.42. The van der Waals surface area contributed by atoms with Crippen LogP contribution in [-0.2, 0) is 21.9 Å². The molecule has 4 nitrogen and oxygen atoms in total. The van der Waals surface area contributed by atoms with Gasteiger partial charge in [0.25, 0.3) is 0 Å². The van der Waals surface area contributed by atoms with Crippen LogP contribution in [0.5, 0.6) is 0 Å². The minimum atomic E-state index is -0.809. The fraction of sp³-hybridized carbons (Fsp3) is 0.467. The third kappa shape index (κ3) is 7.19. The molecule has 0 aliphatic carbocycles. The number of carbonyl (C=O) groups excluding carboxylic acids is 1. The van der Waals surface area contributed by atoms with E-state index in [1.54, 1.807) is 11.8 Å². The maximum atomic E-state index is 11.6. The smallest absolute Gasteiger partial charge is 0.303 e. The Morgan fingerprint density at radius 3 is 2.60 bits per heavy atom. The Bertz CT molecular complexity index is 448. The molecule has 0 saturated heterocycles. The molecule has 0 fully saturated rings. The number of rotatable bonds is 9. The van der Waals surface area contributed by atoms with Crippen LogP contribution in [0.15, 0.2) is 24.3 Å². The van der Waals surface area contributed by atoms with Gasteiger partial charge in [0.2, 0.25) is 5.91 Å². The van der Waals surface area contributed by atoms with E-state index >= 15 is 0 Å². The number of hydrogen-bond donors (Lipinski definition) is 2. The Morgan fingerprint density at radius 2 is 1.90 bits per heavy atom. The fourth-order valence-corrected chi connectivity index (χ4v) is 2.36. The first kappa shape index (κ1) is 16.6. The number of aliphatic carboxylic acids is 1. The van der Waals surface area contributed by atoms with E-state index < -0.39 is 5.97 Å². The summed E-state index contributed by atoms with van der Waals surface area (Å²) >= 11 is 1.77. The van der Waals surface area contributed by atoms with Crippen molar-refractivity contribution >= 4 is 23.6 Å². The molecular weight excluding hydrogens is 274 g/mol. The number of carboxylic acid groups (broad SMARTS) is 1. The lowest BCUT2D eigenvalue weighted by Gasteiger charge is -2.07. The van der Waals surface area contributed by atoms with Crippen molar-refractivity contribution in [3.8, 4) is 0 Å². The molecule has 0 aliphatic rings.